The minimum Gasteiger partial charge on any atom is -0.377 e. The third-order valence-corrected chi connectivity index (χ3v) is 6.00. The van der Waals surface area contributed by atoms with Crippen LogP contribution in [0.25, 0.3) is 0 Å². The van der Waals surface area contributed by atoms with Gasteiger partial charge in [0.25, 0.3) is 0 Å². The summed E-state index contributed by atoms with van der Waals surface area (Å²) in [5, 5.41) is 0. The third kappa shape index (κ3) is 2.66. The summed E-state index contributed by atoms with van der Waals surface area (Å²) >= 11 is 0. The largest absolute Gasteiger partial charge is 0.377 e. The molecule has 0 bridgehead atoms. The monoisotopic (exact) mass is 252 g/mol. The minimum absolute atomic E-state index is 0.259. The molecule has 2 saturated carbocycles. The predicted octanol–water partition coefficient (Wildman–Crippen LogP) is 2.44. The van der Waals surface area contributed by atoms with Crippen molar-refractivity contribution in [2.45, 2.75) is 55.8 Å². The molecule has 2 fully saturated rings. The number of hydrogen-bond donors (Lipinski definition) is 0. The molecule has 0 radical (unpaired) electrons. The fourth-order valence-corrected chi connectivity index (χ4v) is 3.49. The van der Waals surface area contributed by atoms with Gasteiger partial charge in [-0.2, -0.15) is 0 Å². The first kappa shape index (κ1) is 11.7. The van der Waals surface area contributed by atoms with E-state index in [1.165, 1.54) is 19.3 Å². The summed E-state index contributed by atoms with van der Waals surface area (Å²) in [7, 11) is 1.95. The molecule has 0 aromatic carbocycles. The van der Waals surface area contributed by atoms with Crippen molar-refractivity contribution < 1.29 is 13.2 Å². The van der Waals surface area contributed by atoms with Crippen molar-refractivity contribution >= 4 is 19.7 Å². The van der Waals surface area contributed by atoms with E-state index in [1.807, 2.05) is 0 Å². The van der Waals surface area contributed by atoms with Crippen LogP contribution in [0.2, 0.25) is 0 Å². The molecular weight excluding hydrogens is 236 g/mol. The molecule has 0 atom stereocenters. The van der Waals surface area contributed by atoms with Crippen molar-refractivity contribution in [3.8, 4) is 0 Å². The molecule has 0 N–H and O–H groups in total. The van der Waals surface area contributed by atoms with Crippen LogP contribution in [0.5, 0.6) is 0 Å². The molecule has 2 aliphatic rings. The van der Waals surface area contributed by atoms with Crippen LogP contribution >= 0.6 is 10.7 Å². The van der Waals surface area contributed by atoms with E-state index in [4.69, 9.17) is 15.4 Å². The maximum Gasteiger partial charge on any atom is 0.240 e. The molecule has 2 aliphatic carbocycles. The Kier molecular flexibility index (Phi) is 3.29. The molecule has 0 aromatic rings. The maximum atomic E-state index is 11.3. The smallest absolute Gasteiger partial charge is 0.240 e. The van der Waals surface area contributed by atoms with Gasteiger partial charge in [-0.3, -0.25) is 0 Å². The van der Waals surface area contributed by atoms with Crippen LogP contribution in [0, 0.1) is 0 Å². The van der Waals surface area contributed by atoms with Crippen molar-refractivity contribution in [2.75, 3.05) is 6.61 Å². The van der Waals surface area contributed by atoms with E-state index in [-0.39, 0.29) is 6.10 Å². The number of rotatable bonds is 4. The van der Waals surface area contributed by atoms with Crippen LogP contribution < -0.4 is 0 Å². The topological polar surface area (TPSA) is 43.4 Å². The van der Waals surface area contributed by atoms with Crippen LogP contribution in [0.3, 0.4) is 0 Å². The zero-order valence-corrected chi connectivity index (χ0v) is 10.3. The Morgan fingerprint density at radius 1 is 1.20 bits per heavy atom. The molecule has 0 unspecified atom stereocenters. The Hall–Kier alpha value is 0.200. The molecule has 0 spiro atoms. The number of hydrogen-bond acceptors (Lipinski definition) is 3. The van der Waals surface area contributed by atoms with Crippen LogP contribution in [0.15, 0.2) is 0 Å². The highest BCUT2D eigenvalue weighted by Crippen LogP contribution is 2.46. The van der Waals surface area contributed by atoms with E-state index in [1.54, 1.807) is 0 Å². The van der Waals surface area contributed by atoms with Gasteiger partial charge in [0.2, 0.25) is 9.05 Å². The fraction of sp³-hybridized carbons (Fsp3) is 1.00. The van der Waals surface area contributed by atoms with Crippen molar-refractivity contribution in [3.63, 3.8) is 0 Å². The molecule has 15 heavy (non-hydrogen) atoms. The summed E-state index contributed by atoms with van der Waals surface area (Å²) in [6.07, 6.45) is 7.39. The van der Waals surface area contributed by atoms with Gasteiger partial charge in [0, 0.05) is 10.7 Å². The summed E-state index contributed by atoms with van der Waals surface area (Å²) in [4.78, 5) is 0. The van der Waals surface area contributed by atoms with Gasteiger partial charge in [0.15, 0.2) is 0 Å². The molecule has 88 valence electrons. The standard InChI is InChI=1S/C10H17ClO3S/c11-15(12,13)10(6-7-10)8-14-9-4-2-1-3-5-9/h9H,1-8H2. The quantitative estimate of drug-likeness (QED) is 0.722. The van der Waals surface area contributed by atoms with Crippen molar-refractivity contribution in [1.29, 1.82) is 0 Å². The van der Waals surface area contributed by atoms with Crippen LogP contribution in [0.4, 0.5) is 0 Å². The first-order valence-corrected chi connectivity index (χ1v) is 7.90. The van der Waals surface area contributed by atoms with Gasteiger partial charge >= 0.3 is 0 Å². The van der Waals surface area contributed by atoms with Gasteiger partial charge in [-0.15, -0.1) is 0 Å². The Morgan fingerprint density at radius 3 is 2.27 bits per heavy atom. The molecule has 0 saturated heterocycles. The summed E-state index contributed by atoms with van der Waals surface area (Å²) in [6, 6.07) is 0. The highest BCUT2D eigenvalue weighted by Gasteiger charge is 2.54. The Morgan fingerprint density at radius 2 is 1.80 bits per heavy atom. The summed E-state index contributed by atoms with van der Waals surface area (Å²) in [6.45, 7) is 0.295. The average molecular weight is 253 g/mol. The lowest BCUT2D eigenvalue weighted by molar-refractivity contribution is 0.0260. The van der Waals surface area contributed by atoms with E-state index in [0.717, 1.165) is 12.8 Å². The SMILES string of the molecule is O=S(=O)(Cl)C1(COC2CCCCC2)CC1. The molecule has 5 heteroatoms. The first-order chi connectivity index (χ1) is 7.04. The highest BCUT2D eigenvalue weighted by atomic mass is 35.7. The van der Waals surface area contributed by atoms with E-state index >= 15 is 0 Å². The summed E-state index contributed by atoms with van der Waals surface area (Å²) < 4.78 is 27.5. The maximum absolute atomic E-state index is 11.3. The Bertz CT molecular complexity index is 316. The molecular formula is C10H17ClO3S. The van der Waals surface area contributed by atoms with Gasteiger partial charge in [-0.25, -0.2) is 8.42 Å². The number of ether oxygens (including phenoxy) is 1. The molecule has 0 aliphatic heterocycles. The van der Waals surface area contributed by atoms with Crippen molar-refractivity contribution in [1.82, 2.24) is 0 Å². The molecule has 0 heterocycles. The van der Waals surface area contributed by atoms with Gasteiger partial charge in [-0.05, 0) is 25.7 Å². The highest BCUT2D eigenvalue weighted by molar-refractivity contribution is 8.15. The second-order valence-corrected chi connectivity index (χ2v) is 7.65. The normalized spacial score (nSPS) is 26.5. The summed E-state index contributed by atoms with van der Waals surface area (Å²) in [5.74, 6) is 0. The molecule has 0 amide bonds. The zero-order chi connectivity index (χ0) is 10.9. The van der Waals surface area contributed by atoms with E-state index in [9.17, 15) is 8.42 Å². The lowest BCUT2D eigenvalue weighted by atomic mass is 9.98. The minimum atomic E-state index is -3.44. The van der Waals surface area contributed by atoms with Gasteiger partial charge in [0.05, 0.1) is 12.7 Å². The fourth-order valence-electron chi connectivity index (χ4n) is 2.10. The van der Waals surface area contributed by atoms with E-state index in [0.29, 0.717) is 19.4 Å². The average Bonchev–Trinajstić information content (AvgIpc) is 2.96. The first-order valence-electron chi connectivity index (χ1n) is 5.59. The second kappa shape index (κ2) is 4.22. The van der Waals surface area contributed by atoms with Gasteiger partial charge < -0.3 is 4.74 Å². The molecule has 0 aromatic heterocycles. The third-order valence-electron chi connectivity index (χ3n) is 3.46. The van der Waals surface area contributed by atoms with Crippen LogP contribution in [-0.2, 0) is 13.8 Å². The predicted molar refractivity (Wildman–Crippen MR) is 59.6 cm³/mol. The van der Waals surface area contributed by atoms with Crippen molar-refractivity contribution in [2.24, 2.45) is 0 Å². The number of halogens is 1. The second-order valence-electron chi connectivity index (χ2n) is 4.69. The van der Waals surface area contributed by atoms with E-state index in [2.05, 4.69) is 0 Å². The zero-order valence-electron chi connectivity index (χ0n) is 8.75. The van der Waals surface area contributed by atoms with Crippen molar-refractivity contribution in [3.05, 3.63) is 0 Å². The lowest BCUT2D eigenvalue weighted by Gasteiger charge is -2.23. The van der Waals surface area contributed by atoms with E-state index < -0.39 is 13.8 Å². The molecule has 3 nitrogen and oxygen atoms in total. The summed E-state index contributed by atoms with van der Waals surface area (Å²) in [5.41, 5.74) is 0. The lowest BCUT2D eigenvalue weighted by Crippen LogP contribution is -2.29. The molecule has 2 rings (SSSR count). The van der Waals surface area contributed by atoms with Gasteiger partial charge in [0.1, 0.15) is 4.75 Å². The van der Waals surface area contributed by atoms with Crippen LogP contribution in [-0.4, -0.2) is 25.9 Å². The Balaban J connectivity index is 1.83. The van der Waals surface area contributed by atoms with Gasteiger partial charge in [-0.1, -0.05) is 19.3 Å². The van der Waals surface area contributed by atoms with Crippen LogP contribution in [0.1, 0.15) is 44.9 Å². The Labute approximate surface area is 95.6 Å².